The zero-order valence-corrected chi connectivity index (χ0v) is 9.49. The van der Waals surface area contributed by atoms with Crippen LogP contribution in [0.15, 0.2) is 21.4 Å². The van der Waals surface area contributed by atoms with Gasteiger partial charge in [0, 0.05) is 0 Å². The van der Waals surface area contributed by atoms with Crippen LogP contribution in [0.3, 0.4) is 0 Å². The SMILES string of the molecule is NC1=NC(=O)C2=C1NC=NC1(CCCCC1)N2. The molecule has 0 radical (unpaired) electrons. The van der Waals surface area contributed by atoms with Gasteiger partial charge in [0.15, 0.2) is 5.84 Å². The summed E-state index contributed by atoms with van der Waals surface area (Å²) in [4.78, 5) is 20.0. The van der Waals surface area contributed by atoms with Crippen LogP contribution in [-0.2, 0) is 4.79 Å². The lowest BCUT2D eigenvalue weighted by atomic mass is 9.89. The highest BCUT2D eigenvalue weighted by atomic mass is 16.1. The van der Waals surface area contributed by atoms with Crippen molar-refractivity contribution in [3.05, 3.63) is 11.4 Å². The third-order valence-corrected chi connectivity index (χ3v) is 3.50. The van der Waals surface area contributed by atoms with E-state index in [0.29, 0.717) is 11.4 Å². The minimum Gasteiger partial charge on any atom is -0.382 e. The van der Waals surface area contributed by atoms with Gasteiger partial charge in [-0.25, -0.2) is 4.99 Å². The Bertz CT molecular complexity index is 456. The summed E-state index contributed by atoms with van der Waals surface area (Å²) < 4.78 is 0. The summed E-state index contributed by atoms with van der Waals surface area (Å²) in [5, 5.41) is 6.19. The molecule has 1 spiro atoms. The molecule has 1 amide bonds. The van der Waals surface area contributed by atoms with Crippen LogP contribution >= 0.6 is 0 Å². The fourth-order valence-corrected chi connectivity index (χ4v) is 2.59. The number of rotatable bonds is 0. The van der Waals surface area contributed by atoms with Gasteiger partial charge >= 0.3 is 0 Å². The second-order valence-corrected chi connectivity index (χ2v) is 4.67. The van der Waals surface area contributed by atoms with Crippen molar-refractivity contribution in [3.63, 3.8) is 0 Å². The Morgan fingerprint density at radius 3 is 2.76 bits per heavy atom. The average Bonchev–Trinajstić information content (AvgIpc) is 2.51. The minimum absolute atomic E-state index is 0.233. The van der Waals surface area contributed by atoms with Crippen LogP contribution in [0.2, 0.25) is 0 Å². The summed E-state index contributed by atoms with van der Waals surface area (Å²) in [6.45, 7) is 0. The number of amidine groups is 1. The van der Waals surface area contributed by atoms with Crippen LogP contribution in [0.5, 0.6) is 0 Å². The number of hydrogen-bond donors (Lipinski definition) is 3. The van der Waals surface area contributed by atoms with Crippen LogP contribution in [0, 0.1) is 0 Å². The Balaban J connectivity index is 1.94. The maximum atomic E-state index is 11.7. The molecule has 1 aliphatic carbocycles. The van der Waals surface area contributed by atoms with E-state index in [2.05, 4.69) is 20.6 Å². The molecule has 3 rings (SSSR count). The van der Waals surface area contributed by atoms with E-state index >= 15 is 0 Å². The zero-order chi connectivity index (χ0) is 11.9. The van der Waals surface area contributed by atoms with Gasteiger partial charge in [0.25, 0.3) is 5.91 Å². The molecule has 6 heteroatoms. The molecule has 0 bridgehead atoms. The van der Waals surface area contributed by atoms with Crippen molar-refractivity contribution in [2.75, 3.05) is 0 Å². The molecular weight excluding hydrogens is 218 g/mol. The molecule has 2 aliphatic heterocycles. The first kappa shape index (κ1) is 10.3. The molecule has 4 N–H and O–H groups in total. The third kappa shape index (κ3) is 1.60. The zero-order valence-electron chi connectivity index (χ0n) is 9.49. The smallest absolute Gasteiger partial charge is 0.297 e. The van der Waals surface area contributed by atoms with Gasteiger partial charge in [0.05, 0.1) is 6.34 Å². The summed E-state index contributed by atoms with van der Waals surface area (Å²) in [6, 6.07) is 0. The predicted octanol–water partition coefficient (Wildman–Crippen LogP) is -0.0231. The Morgan fingerprint density at radius 2 is 2.00 bits per heavy atom. The van der Waals surface area contributed by atoms with Gasteiger partial charge in [-0.2, -0.15) is 4.99 Å². The van der Waals surface area contributed by atoms with Gasteiger partial charge < -0.3 is 16.4 Å². The Kier molecular flexibility index (Phi) is 2.17. The quantitative estimate of drug-likeness (QED) is 0.548. The van der Waals surface area contributed by atoms with Gasteiger partial charge in [-0.15, -0.1) is 0 Å². The lowest BCUT2D eigenvalue weighted by molar-refractivity contribution is -0.114. The van der Waals surface area contributed by atoms with E-state index in [0.717, 1.165) is 25.7 Å². The van der Waals surface area contributed by atoms with E-state index in [1.807, 2.05) is 0 Å². The summed E-state index contributed by atoms with van der Waals surface area (Å²) in [6.07, 6.45) is 6.98. The molecule has 2 heterocycles. The number of amides is 1. The monoisotopic (exact) mass is 233 g/mol. The number of carbonyl (C=O) groups is 1. The fraction of sp³-hybridized carbons (Fsp3) is 0.545. The molecule has 0 aromatic rings. The number of nitrogens with one attached hydrogen (secondary N) is 2. The first-order valence-corrected chi connectivity index (χ1v) is 5.92. The summed E-state index contributed by atoms with van der Waals surface area (Å²) in [7, 11) is 0. The Hall–Kier alpha value is -1.85. The molecule has 0 unspecified atom stereocenters. The maximum absolute atomic E-state index is 11.7. The second-order valence-electron chi connectivity index (χ2n) is 4.67. The average molecular weight is 233 g/mol. The van der Waals surface area contributed by atoms with Gasteiger partial charge in [0.2, 0.25) is 0 Å². The Labute approximate surface area is 99.1 Å². The van der Waals surface area contributed by atoms with E-state index in [1.165, 1.54) is 6.42 Å². The fourth-order valence-electron chi connectivity index (χ4n) is 2.59. The number of nitrogens with zero attached hydrogens (tertiary/aromatic N) is 2. The van der Waals surface area contributed by atoms with Crippen molar-refractivity contribution >= 4 is 18.1 Å². The largest absolute Gasteiger partial charge is 0.382 e. The molecule has 0 aromatic carbocycles. The van der Waals surface area contributed by atoms with E-state index in [-0.39, 0.29) is 17.4 Å². The van der Waals surface area contributed by atoms with Crippen molar-refractivity contribution in [1.29, 1.82) is 0 Å². The molecule has 0 saturated heterocycles. The minimum atomic E-state index is -0.349. The van der Waals surface area contributed by atoms with E-state index < -0.39 is 0 Å². The lowest BCUT2D eigenvalue weighted by Gasteiger charge is -2.34. The van der Waals surface area contributed by atoms with E-state index in [1.54, 1.807) is 6.34 Å². The van der Waals surface area contributed by atoms with Crippen molar-refractivity contribution in [3.8, 4) is 0 Å². The Morgan fingerprint density at radius 1 is 1.24 bits per heavy atom. The first-order chi connectivity index (χ1) is 8.20. The summed E-state index contributed by atoms with van der Waals surface area (Å²) >= 11 is 0. The molecule has 1 fully saturated rings. The van der Waals surface area contributed by atoms with Crippen molar-refractivity contribution < 1.29 is 4.79 Å². The molecule has 90 valence electrons. The molecule has 17 heavy (non-hydrogen) atoms. The molecular formula is C11H15N5O. The second kappa shape index (κ2) is 3.58. The van der Waals surface area contributed by atoms with Crippen molar-refractivity contribution in [2.24, 2.45) is 15.7 Å². The highest BCUT2D eigenvalue weighted by Crippen LogP contribution is 2.32. The van der Waals surface area contributed by atoms with Gasteiger partial charge in [-0.05, 0) is 25.7 Å². The molecule has 0 atom stereocenters. The van der Waals surface area contributed by atoms with Gasteiger partial charge in [-0.3, -0.25) is 4.79 Å². The van der Waals surface area contributed by atoms with Crippen LogP contribution < -0.4 is 16.4 Å². The first-order valence-electron chi connectivity index (χ1n) is 5.92. The summed E-state index contributed by atoms with van der Waals surface area (Å²) in [5.74, 6) is -0.0720. The molecule has 6 nitrogen and oxygen atoms in total. The van der Waals surface area contributed by atoms with Crippen LogP contribution in [0.4, 0.5) is 0 Å². The van der Waals surface area contributed by atoms with E-state index in [9.17, 15) is 4.79 Å². The lowest BCUT2D eigenvalue weighted by Crippen LogP contribution is -2.45. The summed E-state index contributed by atoms with van der Waals surface area (Å²) in [5.41, 5.74) is 6.34. The topological polar surface area (TPSA) is 91.9 Å². The van der Waals surface area contributed by atoms with Crippen molar-refractivity contribution in [1.82, 2.24) is 10.6 Å². The number of aliphatic imine (C=N–C) groups is 2. The molecule has 3 aliphatic rings. The standard InChI is InChI=1S/C11H15N5O/c12-9-7-8(10(17)15-9)16-11(14-6-13-7)4-2-1-3-5-11/h6,16H,1-5H2,(H,13,14)(H2,12,15,17). The highest BCUT2D eigenvalue weighted by molar-refractivity contribution is 6.18. The van der Waals surface area contributed by atoms with Crippen molar-refractivity contribution in [2.45, 2.75) is 37.8 Å². The van der Waals surface area contributed by atoms with Gasteiger partial charge in [0.1, 0.15) is 17.1 Å². The number of hydrogen-bond acceptors (Lipinski definition) is 5. The predicted molar refractivity (Wildman–Crippen MR) is 64.2 cm³/mol. The molecule has 0 aromatic heterocycles. The van der Waals surface area contributed by atoms with Crippen LogP contribution in [0.1, 0.15) is 32.1 Å². The number of nitrogens with two attached hydrogens (primary N) is 1. The number of carbonyl (C=O) groups excluding carboxylic acids is 1. The normalized spacial score (nSPS) is 26.1. The van der Waals surface area contributed by atoms with Crippen LogP contribution in [0.25, 0.3) is 0 Å². The maximum Gasteiger partial charge on any atom is 0.297 e. The molecule has 1 saturated carbocycles. The van der Waals surface area contributed by atoms with Crippen LogP contribution in [-0.4, -0.2) is 23.7 Å². The van der Waals surface area contributed by atoms with E-state index in [4.69, 9.17) is 5.73 Å². The highest BCUT2D eigenvalue weighted by Gasteiger charge is 2.37. The van der Waals surface area contributed by atoms with Gasteiger partial charge in [-0.1, -0.05) is 6.42 Å². The third-order valence-electron chi connectivity index (χ3n) is 3.50.